The van der Waals surface area contributed by atoms with Crippen molar-refractivity contribution in [3.8, 4) is 5.75 Å². The Morgan fingerprint density at radius 2 is 1.67 bits per heavy atom. The number of rotatable bonds is 6. The maximum atomic E-state index is 9.10. The summed E-state index contributed by atoms with van der Waals surface area (Å²) in [6, 6.07) is 5.31. The van der Waals surface area contributed by atoms with Crippen LogP contribution in [-0.2, 0) is 18.0 Å². The molecule has 0 unspecified atom stereocenters. The Kier molecular flexibility index (Phi) is 5.10. The van der Waals surface area contributed by atoms with E-state index in [0.29, 0.717) is 30.1 Å². The molecule has 15 heavy (non-hydrogen) atoms. The van der Waals surface area contributed by atoms with Crippen molar-refractivity contribution < 1.29 is 19.7 Å². The van der Waals surface area contributed by atoms with Crippen molar-refractivity contribution in [3.05, 3.63) is 29.3 Å². The summed E-state index contributed by atoms with van der Waals surface area (Å²) in [5, 5.41) is 18.2. The molecular weight excluding hydrogens is 196 g/mol. The summed E-state index contributed by atoms with van der Waals surface area (Å²) in [5.41, 5.74) is 1.36. The molecule has 0 aromatic heterocycles. The van der Waals surface area contributed by atoms with Crippen LogP contribution in [0.2, 0.25) is 0 Å². The monoisotopic (exact) mass is 212 g/mol. The Morgan fingerprint density at radius 3 is 2.13 bits per heavy atom. The van der Waals surface area contributed by atoms with E-state index in [2.05, 4.69) is 0 Å². The van der Waals surface area contributed by atoms with Crippen LogP contribution in [0.15, 0.2) is 18.2 Å². The highest BCUT2D eigenvalue weighted by Gasteiger charge is 2.08. The van der Waals surface area contributed by atoms with Crippen LogP contribution in [-0.4, -0.2) is 30.5 Å². The van der Waals surface area contributed by atoms with Crippen molar-refractivity contribution in [1.82, 2.24) is 0 Å². The normalized spacial score (nSPS) is 10.3. The second-order valence-corrected chi connectivity index (χ2v) is 3.06. The van der Waals surface area contributed by atoms with E-state index in [9.17, 15) is 0 Å². The minimum Gasteiger partial charge on any atom is -0.490 e. The minimum atomic E-state index is -0.101. The van der Waals surface area contributed by atoms with Crippen LogP contribution in [0.3, 0.4) is 0 Å². The van der Waals surface area contributed by atoms with Crippen molar-refractivity contribution in [2.45, 2.75) is 13.2 Å². The first-order chi connectivity index (χ1) is 7.33. The number of para-hydroxylation sites is 1. The van der Waals surface area contributed by atoms with E-state index in [1.54, 1.807) is 25.3 Å². The van der Waals surface area contributed by atoms with E-state index in [-0.39, 0.29) is 13.2 Å². The lowest BCUT2D eigenvalue weighted by molar-refractivity contribution is 0.142. The van der Waals surface area contributed by atoms with Gasteiger partial charge in [0, 0.05) is 18.2 Å². The van der Waals surface area contributed by atoms with Crippen molar-refractivity contribution >= 4 is 0 Å². The molecule has 4 nitrogen and oxygen atoms in total. The average Bonchev–Trinajstić information content (AvgIpc) is 2.29. The van der Waals surface area contributed by atoms with Crippen LogP contribution in [0, 0.1) is 0 Å². The molecule has 0 saturated carbocycles. The molecule has 0 spiro atoms. The highest BCUT2D eigenvalue weighted by atomic mass is 16.5. The van der Waals surface area contributed by atoms with E-state index in [1.807, 2.05) is 0 Å². The Hall–Kier alpha value is -1.10. The van der Waals surface area contributed by atoms with E-state index in [1.165, 1.54) is 0 Å². The number of benzene rings is 1. The number of hydrogen-bond donors (Lipinski definition) is 2. The second-order valence-electron chi connectivity index (χ2n) is 3.06. The minimum absolute atomic E-state index is 0.101. The third kappa shape index (κ3) is 3.20. The zero-order valence-corrected chi connectivity index (χ0v) is 8.77. The van der Waals surface area contributed by atoms with Gasteiger partial charge in [0.25, 0.3) is 0 Å². The maximum absolute atomic E-state index is 9.10. The molecule has 0 aliphatic heterocycles. The fourth-order valence-electron chi connectivity index (χ4n) is 1.30. The Bertz CT molecular complexity index is 276. The molecule has 0 saturated heterocycles. The van der Waals surface area contributed by atoms with Gasteiger partial charge in [0.05, 0.1) is 19.8 Å². The van der Waals surface area contributed by atoms with E-state index >= 15 is 0 Å². The fraction of sp³-hybridized carbons (Fsp3) is 0.455. The highest BCUT2D eigenvalue weighted by molar-refractivity contribution is 5.40. The van der Waals surface area contributed by atoms with Crippen LogP contribution < -0.4 is 4.74 Å². The van der Waals surface area contributed by atoms with Gasteiger partial charge in [-0.1, -0.05) is 18.2 Å². The molecule has 1 aromatic rings. The Morgan fingerprint density at radius 1 is 1.07 bits per heavy atom. The smallest absolute Gasteiger partial charge is 0.130 e. The number of ether oxygens (including phenoxy) is 2. The molecule has 4 heteroatoms. The van der Waals surface area contributed by atoms with Gasteiger partial charge in [0.15, 0.2) is 0 Å². The molecule has 0 radical (unpaired) electrons. The first kappa shape index (κ1) is 12.0. The summed E-state index contributed by atoms with van der Waals surface area (Å²) < 4.78 is 10.3. The maximum Gasteiger partial charge on any atom is 0.130 e. The van der Waals surface area contributed by atoms with Gasteiger partial charge >= 0.3 is 0 Å². The van der Waals surface area contributed by atoms with E-state index in [4.69, 9.17) is 19.7 Å². The predicted octanol–water partition coefficient (Wildman–Crippen LogP) is 0.696. The Labute approximate surface area is 89.1 Å². The molecule has 0 aliphatic carbocycles. The van der Waals surface area contributed by atoms with Crippen molar-refractivity contribution in [3.63, 3.8) is 0 Å². The number of methoxy groups -OCH3 is 1. The Balaban J connectivity index is 2.80. The molecule has 0 aliphatic rings. The molecule has 1 aromatic carbocycles. The quantitative estimate of drug-likeness (QED) is 0.681. The standard InChI is InChI=1S/C11H16O4/c1-14-5-6-15-11-9(7-12)3-2-4-10(11)8-13/h2-4,12-13H,5-8H2,1H3. The zero-order chi connectivity index (χ0) is 11.1. The fourth-order valence-corrected chi connectivity index (χ4v) is 1.30. The predicted molar refractivity (Wildman–Crippen MR) is 55.7 cm³/mol. The summed E-state index contributed by atoms with van der Waals surface area (Å²) in [4.78, 5) is 0. The van der Waals surface area contributed by atoms with Gasteiger partial charge in [-0.05, 0) is 0 Å². The van der Waals surface area contributed by atoms with E-state index in [0.717, 1.165) is 0 Å². The topological polar surface area (TPSA) is 58.9 Å². The molecule has 0 bridgehead atoms. The van der Waals surface area contributed by atoms with Gasteiger partial charge < -0.3 is 19.7 Å². The summed E-state index contributed by atoms with van der Waals surface area (Å²) >= 11 is 0. The van der Waals surface area contributed by atoms with Gasteiger partial charge in [-0.2, -0.15) is 0 Å². The summed E-state index contributed by atoms with van der Waals surface area (Å²) in [6.07, 6.45) is 0. The molecule has 0 heterocycles. The summed E-state index contributed by atoms with van der Waals surface area (Å²) in [7, 11) is 1.59. The van der Waals surface area contributed by atoms with Gasteiger partial charge in [0.2, 0.25) is 0 Å². The first-order valence-corrected chi connectivity index (χ1v) is 4.77. The second kappa shape index (κ2) is 6.40. The third-order valence-electron chi connectivity index (χ3n) is 2.05. The van der Waals surface area contributed by atoms with Crippen LogP contribution in [0.5, 0.6) is 5.75 Å². The van der Waals surface area contributed by atoms with Gasteiger partial charge in [-0.15, -0.1) is 0 Å². The van der Waals surface area contributed by atoms with Crippen LogP contribution in [0.25, 0.3) is 0 Å². The molecule has 0 atom stereocenters. The van der Waals surface area contributed by atoms with Crippen LogP contribution in [0.4, 0.5) is 0 Å². The summed E-state index contributed by atoms with van der Waals surface area (Å²) in [6.45, 7) is 0.678. The highest BCUT2D eigenvalue weighted by Crippen LogP contribution is 2.24. The van der Waals surface area contributed by atoms with Gasteiger partial charge in [-0.3, -0.25) is 0 Å². The van der Waals surface area contributed by atoms with Crippen LogP contribution >= 0.6 is 0 Å². The van der Waals surface area contributed by atoms with Crippen LogP contribution in [0.1, 0.15) is 11.1 Å². The third-order valence-corrected chi connectivity index (χ3v) is 2.05. The van der Waals surface area contributed by atoms with Crippen molar-refractivity contribution in [2.24, 2.45) is 0 Å². The molecule has 0 amide bonds. The van der Waals surface area contributed by atoms with Crippen molar-refractivity contribution in [2.75, 3.05) is 20.3 Å². The number of hydrogen-bond acceptors (Lipinski definition) is 4. The lowest BCUT2D eigenvalue weighted by Gasteiger charge is -2.13. The number of aliphatic hydroxyl groups excluding tert-OH is 2. The summed E-state index contributed by atoms with van der Waals surface area (Å²) in [5.74, 6) is 0.555. The van der Waals surface area contributed by atoms with E-state index < -0.39 is 0 Å². The number of aliphatic hydroxyl groups is 2. The molecule has 84 valence electrons. The SMILES string of the molecule is COCCOc1c(CO)cccc1CO. The van der Waals surface area contributed by atoms with Gasteiger partial charge in [-0.25, -0.2) is 0 Å². The lowest BCUT2D eigenvalue weighted by Crippen LogP contribution is -2.08. The van der Waals surface area contributed by atoms with Crippen molar-refractivity contribution in [1.29, 1.82) is 0 Å². The largest absolute Gasteiger partial charge is 0.490 e. The lowest BCUT2D eigenvalue weighted by atomic mass is 10.1. The molecule has 2 N–H and O–H groups in total. The average molecular weight is 212 g/mol. The molecular formula is C11H16O4. The zero-order valence-electron chi connectivity index (χ0n) is 8.77. The first-order valence-electron chi connectivity index (χ1n) is 4.77. The van der Waals surface area contributed by atoms with Gasteiger partial charge in [0.1, 0.15) is 12.4 Å². The molecule has 0 fully saturated rings. The molecule has 1 rings (SSSR count).